The van der Waals surface area contributed by atoms with Crippen molar-refractivity contribution in [1.29, 1.82) is 0 Å². The van der Waals surface area contributed by atoms with E-state index in [4.69, 9.17) is 4.74 Å². The third-order valence-corrected chi connectivity index (χ3v) is 3.28. The van der Waals surface area contributed by atoms with E-state index in [9.17, 15) is 0 Å². The number of ether oxygens (including phenoxy) is 1. The Labute approximate surface area is 117 Å². The third kappa shape index (κ3) is 3.54. The minimum absolute atomic E-state index is 0.477. The van der Waals surface area contributed by atoms with E-state index >= 15 is 0 Å². The smallest absolute Gasteiger partial charge is 0.130 e. The van der Waals surface area contributed by atoms with Crippen molar-refractivity contribution in [3.63, 3.8) is 0 Å². The van der Waals surface area contributed by atoms with Crippen LogP contribution in [0.2, 0.25) is 0 Å². The highest BCUT2D eigenvalue weighted by Crippen LogP contribution is 2.23. The van der Waals surface area contributed by atoms with Gasteiger partial charge in [0.1, 0.15) is 12.4 Å². The van der Waals surface area contributed by atoms with Crippen molar-refractivity contribution in [2.24, 2.45) is 0 Å². The van der Waals surface area contributed by atoms with Crippen LogP contribution in [0.4, 0.5) is 0 Å². The minimum Gasteiger partial charge on any atom is -0.487 e. The lowest BCUT2D eigenvalue weighted by Gasteiger charge is -2.09. The first-order valence-electron chi connectivity index (χ1n) is 5.14. The van der Waals surface area contributed by atoms with Crippen LogP contribution in [-0.4, -0.2) is 4.98 Å². The molecule has 0 saturated carbocycles. The highest BCUT2D eigenvalue weighted by Gasteiger charge is 2.01. The predicted molar refractivity (Wildman–Crippen MR) is 75.1 cm³/mol. The highest BCUT2D eigenvalue weighted by atomic mass is 79.9. The predicted octanol–water partition coefficient (Wildman–Crippen LogP) is 4.49. The Morgan fingerprint density at radius 2 is 1.88 bits per heavy atom. The zero-order chi connectivity index (χ0) is 12.3. The van der Waals surface area contributed by atoms with Crippen molar-refractivity contribution >= 4 is 31.9 Å². The summed E-state index contributed by atoms with van der Waals surface area (Å²) in [6, 6.07) is 9.89. The van der Waals surface area contributed by atoms with Gasteiger partial charge in [-0.1, -0.05) is 22.0 Å². The summed E-state index contributed by atoms with van der Waals surface area (Å²) in [5.74, 6) is 0.879. The fourth-order valence-corrected chi connectivity index (χ4v) is 1.95. The normalized spacial score (nSPS) is 10.3. The Balaban J connectivity index is 2.07. The number of benzene rings is 1. The van der Waals surface area contributed by atoms with Crippen molar-refractivity contribution in [3.05, 3.63) is 56.7 Å². The fraction of sp³-hybridized carbons (Fsp3) is 0.154. The van der Waals surface area contributed by atoms with Gasteiger partial charge in [0.25, 0.3) is 0 Å². The molecule has 0 aliphatic carbocycles. The summed E-state index contributed by atoms with van der Waals surface area (Å²) in [5, 5.41) is 0. The monoisotopic (exact) mass is 355 g/mol. The Bertz CT molecular complexity index is 511. The molecule has 88 valence electrons. The van der Waals surface area contributed by atoms with Crippen molar-refractivity contribution in [3.8, 4) is 5.75 Å². The lowest BCUT2D eigenvalue weighted by molar-refractivity contribution is 0.299. The molecule has 0 saturated heterocycles. The highest BCUT2D eigenvalue weighted by molar-refractivity contribution is 9.10. The van der Waals surface area contributed by atoms with Crippen molar-refractivity contribution < 1.29 is 4.74 Å². The van der Waals surface area contributed by atoms with Gasteiger partial charge in [-0.3, -0.25) is 4.98 Å². The van der Waals surface area contributed by atoms with Crippen molar-refractivity contribution in [2.45, 2.75) is 13.5 Å². The van der Waals surface area contributed by atoms with E-state index in [0.717, 1.165) is 26.0 Å². The SMILES string of the molecule is Cc1ccc(Br)cc1OCc1ccc(Br)cn1. The summed E-state index contributed by atoms with van der Waals surface area (Å²) in [5.41, 5.74) is 2.03. The van der Waals surface area contributed by atoms with E-state index in [-0.39, 0.29) is 0 Å². The summed E-state index contributed by atoms with van der Waals surface area (Å²) in [7, 11) is 0. The summed E-state index contributed by atoms with van der Waals surface area (Å²) in [6.07, 6.45) is 1.77. The van der Waals surface area contributed by atoms with E-state index < -0.39 is 0 Å². The molecule has 17 heavy (non-hydrogen) atoms. The van der Waals surface area contributed by atoms with E-state index in [0.29, 0.717) is 6.61 Å². The average molecular weight is 357 g/mol. The zero-order valence-corrected chi connectivity index (χ0v) is 12.5. The standard InChI is InChI=1S/C13H11Br2NO/c1-9-2-3-10(14)6-13(9)17-8-12-5-4-11(15)7-16-12/h2-7H,8H2,1H3. The molecule has 0 amide bonds. The largest absolute Gasteiger partial charge is 0.487 e. The molecule has 0 radical (unpaired) electrons. The van der Waals surface area contributed by atoms with Crippen LogP contribution in [0.15, 0.2) is 45.5 Å². The van der Waals surface area contributed by atoms with Crippen LogP contribution in [0.3, 0.4) is 0 Å². The molecule has 1 aromatic carbocycles. The third-order valence-electron chi connectivity index (χ3n) is 2.31. The lowest BCUT2D eigenvalue weighted by atomic mass is 10.2. The minimum atomic E-state index is 0.477. The molecule has 0 aliphatic heterocycles. The molecule has 2 rings (SSSR count). The first kappa shape index (κ1) is 12.6. The van der Waals surface area contributed by atoms with E-state index in [1.807, 2.05) is 37.3 Å². The van der Waals surface area contributed by atoms with Crippen molar-refractivity contribution in [1.82, 2.24) is 4.98 Å². The number of hydrogen-bond acceptors (Lipinski definition) is 2. The summed E-state index contributed by atoms with van der Waals surface area (Å²) in [4.78, 5) is 4.26. The average Bonchev–Trinajstić information content (AvgIpc) is 2.32. The van der Waals surface area contributed by atoms with Crippen LogP contribution in [0.5, 0.6) is 5.75 Å². The van der Waals surface area contributed by atoms with Gasteiger partial charge in [0.15, 0.2) is 0 Å². The molecular formula is C13H11Br2NO. The topological polar surface area (TPSA) is 22.1 Å². The number of aryl methyl sites for hydroxylation is 1. The first-order chi connectivity index (χ1) is 8.15. The molecular weight excluding hydrogens is 346 g/mol. The second kappa shape index (κ2) is 5.65. The number of rotatable bonds is 3. The number of halogens is 2. The molecule has 0 unspecified atom stereocenters. The maximum absolute atomic E-state index is 5.74. The molecule has 0 N–H and O–H groups in total. The fourth-order valence-electron chi connectivity index (χ4n) is 1.37. The van der Waals surface area contributed by atoms with Gasteiger partial charge in [-0.2, -0.15) is 0 Å². The Morgan fingerprint density at radius 3 is 2.59 bits per heavy atom. The van der Waals surface area contributed by atoms with E-state index in [2.05, 4.69) is 36.8 Å². The molecule has 0 aliphatic rings. The van der Waals surface area contributed by atoms with Crippen LogP contribution in [0, 0.1) is 6.92 Å². The van der Waals surface area contributed by atoms with Gasteiger partial charge in [-0.05, 0) is 52.7 Å². The van der Waals surface area contributed by atoms with Gasteiger partial charge >= 0.3 is 0 Å². The summed E-state index contributed by atoms with van der Waals surface area (Å²) in [6.45, 7) is 2.50. The molecule has 4 heteroatoms. The van der Waals surface area contributed by atoms with Crippen LogP contribution in [-0.2, 0) is 6.61 Å². The van der Waals surface area contributed by atoms with Gasteiger partial charge in [0.2, 0.25) is 0 Å². The molecule has 0 fully saturated rings. The lowest BCUT2D eigenvalue weighted by Crippen LogP contribution is -1.99. The first-order valence-corrected chi connectivity index (χ1v) is 6.73. The molecule has 0 bridgehead atoms. The molecule has 2 nitrogen and oxygen atoms in total. The maximum Gasteiger partial charge on any atom is 0.130 e. The van der Waals surface area contributed by atoms with Gasteiger partial charge in [-0.25, -0.2) is 0 Å². The zero-order valence-electron chi connectivity index (χ0n) is 9.28. The van der Waals surface area contributed by atoms with Crippen molar-refractivity contribution in [2.75, 3.05) is 0 Å². The van der Waals surface area contributed by atoms with Gasteiger partial charge in [0.05, 0.1) is 5.69 Å². The van der Waals surface area contributed by atoms with Crippen LogP contribution in [0.1, 0.15) is 11.3 Å². The van der Waals surface area contributed by atoms with Crippen LogP contribution in [0.25, 0.3) is 0 Å². The second-order valence-corrected chi connectivity index (χ2v) is 5.50. The number of aromatic nitrogens is 1. The molecule has 2 aromatic rings. The Hall–Kier alpha value is -0.870. The molecule has 1 aromatic heterocycles. The summed E-state index contributed by atoms with van der Waals surface area (Å²) < 4.78 is 7.72. The van der Waals surface area contributed by atoms with E-state index in [1.165, 1.54) is 0 Å². The Kier molecular flexibility index (Phi) is 4.18. The number of nitrogens with zero attached hydrogens (tertiary/aromatic N) is 1. The van der Waals surface area contributed by atoms with Gasteiger partial charge in [-0.15, -0.1) is 0 Å². The van der Waals surface area contributed by atoms with E-state index in [1.54, 1.807) is 6.20 Å². The van der Waals surface area contributed by atoms with Crippen LogP contribution < -0.4 is 4.74 Å². The van der Waals surface area contributed by atoms with Gasteiger partial charge < -0.3 is 4.74 Å². The quantitative estimate of drug-likeness (QED) is 0.808. The summed E-state index contributed by atoms with van der Waals surface area (Å²) >= 11 is 6.78. The maximum atomic E-state index is 5.74. The Morgan fingerprint density at radius 1 is 1.12 bits per heavy atom. The molecule has 0 atom stereocenters. The van der Waals surface area contributed by atoms with Gasteiger partial charge in [0, 0.05) is 15.1 Å². The molecule has 1 heterocycles. The molecule has 0 spiro atoms. The van der Waals surface area contributed by atoms with Crippen LogP contribution >= 0.6 is 31.9 Å². The second-order valence-electron chi connectivity index (χ2n) is 3.67. The number of pyridine rings is 1. The number of hydrogen-bond donors (Lipinski definition) is 0.